The predicted octanol–water partition coefficient (Wildman–Crippen LogP) is -1.44. The summed E-state index contributed by atoms with van der Waals surface area (Å²) in [7, 11) is 2.69. The molecule has 10 atom stereocenters. The minimum absolute atomic E-state index is 0.116. The molecule has 0 radical (unpaired) electrons. The summed E-state index contributed by atoms with van der Waals surface area (Å²) in [6, 6.07) is 8.54. The third-order valence-electron chi connectivity index (χ3n) is 7.65. The van der Waals surface area contributed by atoms with E-state index in [4.69, 9.17) is 33.2 Å². The number of aliphatic hydroxyl groups excluding tert-OH is 6. The van der Waals surface area contributed by atoms with E-state index in [-0.39, 0.29) is 23.0 Å². The van der Waals surface area contributed by atoms with Gasteiger partial charge in [-0.1, -0.05) is 12.1 Å². The Labute approximate surface area is 279 Å². The Bertz CT molecular complexity index is 1490. The van der Waals surface area contributed by atoms with Crippen LogP contribution in [0.5, 0.6) is 23.0 Å². The maximum atomic E-state index is 12.7. The number of carbonyl (C=O) groups is 2. The van der Waals surface area contributed by atoms with Crippen LogP contribution >= 0.6 is 0 Å². The molecule has 268 valence electrons. The Morgan fingerprint density at radius 3 is 1.71 bits per heavy atom. The standard InChI is InChI=1S/C32H38O17/c1-43-19-11-15(3-7-17(19)34)5-9-23(36)48-29-27(40)26(39)22(46-31(29)42)14-45-32-30(28(41)25(38)21(13-33)47-32)49-24(37)10-6-16-4-8-18(35)20(12-16)44-2/h3-12,21-22,25-35,38-42H,13-14H2,1-2H3/b9-5+,10-6+/t21-,22-,25-,26-,27+,28+,29-,30-,31+,32-/m1/s1. The fourth-order valence-electron chi connectivity index (χ4n) is 4.96. The lowest BCUT2D eigenvalue weighted by Crippen LogP contribution is -2.62. The van der Waals surface area contributed by atoms with Crippen LogP contribution in [0.15, 0.2) is 48.6 Å². The highest BCUT2D eigenvalue weighted by atomic mass is 16.7. The molecule has 17 heteroatoms. The highest BCUT2D eigenvalue weighted by molar-refractivity contribution is 5.88. The number of phenols is 2. The van der Waals surface area contributed by atoms with Crippen LogP contribution in [0.1, 0.15) is 11.1 Å². The first kappa shape index (κ1) is 37.5. The van der Waals surface area contributed by atoms with Gasteiger partial charge in [0.05, 0.1) is 27.4 Å². The highest BCUT2D eigenvalue weighted by Gasteiger charge is 2.49. The Balaban J connectivity index is 1.38. The second-order valence-electron chi connectivity index (χ2n) is 10.9. The summed E-state index contributed by atoms with van der Waals surface area (Å²) < 4.78 is 36.8. The zero-order valence-electron chi connectivity index (χ0n) is 26.2. The molecule has 2 aliphatic heterocycles. The second kappa shape index (κ2) is 16.9. The van der Waals surface area contributed by atoms with Gasteiger partial charge >= 0.3 is 11.9 Å². The number of benzene rings is 2. The number of carbonyl (C=O) groups excluding carboxylic acids is 2. The summed E-state index contributed by atoms with van der Waals surface area (Å²) in [5.74, 6) is -1.96. The Kier molecular flexibility index (Phi) is 12.9. The molecule has 0 bridgehead atoms. The van der Waals surface area contributed by atoms with Gasteiger partial charge in [-0.3, -0.25) is 0 Å². The molecule has 0 aliphatic carbocycles. The molecule has 4 rings (SSSR count). The maximum absolute atomic E-state index is 12.7. The zero-order valence-corrected chi connectivity index (χ0v) is 26.2. The van der Waals surface area contributed by atoms with Crippen LogP contribution in [0.3, 0.4) is 0 Å². The van der Waals surface area contributed by atoms with Crippen molar-refractivity contribution in [3.8, 4) is 23.0 Å². The Hall–Kier alpha value is -4.30. The molecule has 8 N–H and O–H groups in total. The van der Waals surface area contributed by atoms with Gasteiger partial charge in [0.2, 0.25) is 0 Å². The van der Waals surface area contributed by atoms with Crippen molar-refractivity contribution in [2.45, 2.75) is 61.4 Å². The van der Waals surface area contributed by atoms with Gasteiger partial charge in [0, 0.05) is 12.2 Å². The van der Waals surface area contributed by atoms with Crippen LogP contribution in [0.2, 0.25) is 0 Å². The Morgan fingerprint density at radius 2 is 1.20 bits per heavy atom. The lowest BCUT2D eigenvalue weighted by molar-refractivity contribution is -0.327. The third kappa shape index (κ3) is 9.24. The second-order valence-corrected chi connectivity index (χ2v) is 10.9. The Morgan fingerprint density at radius 1 is 0.714 bits per heavy atom. The monoisotopic (exact) mass is 694 g/mol. The summed E-state index contributed by atoms with van der Waals surface area (Å²) in [6.07, 6.45) is -12.4. The largest absolute Gasteiger partial charge is 0.504 e. The topological polar surface area (TPSA) is 261 Å². The number of methoxy groups -OCH3 is 2. The lowest BCUT2D eigenvalue weighted by atomic mass is 9.98. The van der Waals surface area contributed by atoms with Gasteiger partial charge < -0.3 is 74.0 Å². The van der Waals surface area contributed by atoms with E-state index in [0.29, 0.717) is 11.1 Å². The van der Waals surface area contributed by atoms with Crippen molar-refractivity contribution in [3.05, 3.63) is 59.7 Å². The summed E-state index contributed by atoms with van der Waals surface area (Å²) in [6.45, 7) is -1.41. The van der Waals surface area contributed by atoms with Gasteiger partial charge in [-0.15, -0.1) is 0 Å². The quantitative estimate of drug-likeness (QED) is 0.0934. The van der Waals surface area contributed by atoms with E-state index >= 15 is 0 Å². The number of hydrogen-bond acceptors (Lipinski definition) is 17. The molecule has 0 amide bonds. The normalized spacial score (nSPS) is 30.3. The summed E-state index contributed by atoms with van der Waals surface area (Å²) in [4.78, 5) is 25.1. The van der Waals surface area contributed by atoms with E-state index in [1.165, 1.54) is 62.8 Å². The van der Waals surface area contributed by atoms with Gasteiger partial charge in [-0.25, -0.2) is 9.59 Å². The molecule has 49 heavy (non-hydrogen) atoms. The molecular weight excluding hydrogens is 656 g/mol. The maximum Gasteiger partial charge on any atom is 0.331 e. The number of ether oxygens (including phenoxy) is 7. The fourth-order valence-corrected chi connectivity index (χ4v) is 4.96. The SMILES string of the molecule is COc1cc(/C=C/C(=O)O[C@@H]2[C@@H](O)[C@H](O)[C@@H](CO[C@@H]3O[C@H](CO)[C@@H](O)[C@H](O)[C@H]3OC(=O)/C=C/c3ccc(O)c(OC)c3)O[C@@H]2O)ccc1O. The van der Waals surface area contributed by atoms with Crippen LogP contribution in [-0.4, -0.2) is 142 Å². The molecular formula is C32H38O17. The molecule has 2 saturated heterocycles. The van der Waals surface area contributed by atoms with Gasteiger partial charge in [-0.05, 0) is 47.5 Å². The van der Waals surface area contributed by atoms with Crippen LogP contribution < -0.4 is 9.47 Å². The lowest BCUT2D eigenvalue weighted by Gasteiger charge is -2.43. The molecule has 2 fully saturated rings. The smallest absolute Gasteiger partial charge is 0.331 e. The number of phenolic OH excluding ortho intramolecular Hbond substituents is 2. The van der Waals surface area contributed by atoms with E-state index in [2.05, 4.69) is 0 Å². The van der Waals surface area contributed by atoms with E-state index in [1.54, 1.807) is 0 Å². The molecule has 0 saturated carbocycles. The van der Waals surface area contributed by atoms with E-state index in [0.717, 1.165) is 12.2 Å². The van der Waals surface area contributed by atoms with Crippen molar-refractivity contribution in [1.29, 1.82) is 0 Å². The van der Waals surface area contributed by atoms with Crippen molar-refractivity contribution in [1.82, 2.24) is 0 Å². The van der Waals surface area contributed by atoms with Gasteiger partial charge in [0.25, 0.3) is 0 Å². The molecule has 2 aromatic rings. The predicted molar refractivity (Wildman–Crippen MR) is 164 cm³/mol. The molecule has 2 heterocycles. The first-order valence-electron chi connectivity index (χ1n) is 14.8. The van der Waals surface area contributed by atoms with Crippen LogP contribution in [0.25, 0.3) is 12.2 Å². The van der Waals surface area contributed by atoms with E-state index in [9.17, 15) is 50.4 Å². The number of aliphatic hydroxyl groups is 6. The number of hydrogen-bond donors (Lipinski definition) is 8. The van der Waals surface area contributed by atoms with Crippen molar-refractivity contribution in [3.63, 3.8) is 0 Å². The first-order chi connectivity index (χ1) is 23.4. The average molecular weight is 695 g/mol. The highest BCUT2D eigenvalue weighted by Crippen LogP contribution is 2.30. The van der Waals surface area contributed by atoms with E-state index < -0.39 is 86.6 Å². The molecule has 0 unspecified atom stereocenters. The van der Waals surface area contributed by atoms with Crippen LogP contribution in [0, 0.1) is 0 Å². The van der Waals surface area contributed by atoms with Crippen LogP contribution in [0.4, 0.5) is 0 Å². The van der Waals surface area contributed by atoms with Gasteiger partial charge in [0.1, 0.15) is 36.6 Å². The number of aromatic hydroxyl groups is 2. The first-order valence-corrected chi connectivity index (χ1v) is 14.8. The zero-order chi connectivity index (χ0) is 35.8. The molecule has 2 aromatic carbocycles. The minimum Gasteiger partial charge on any atom is -0.504 e. The third-order valence-corrected chi connectivity index (χ3v) is 7.65. The van der Waals surface area contributed by atoms with Crippen molar-refractivity contribution < 1.29 is 83.6 Å². The van der Waals surface area contributed by atoms with E-state index in [1.807, 2.05) is 0 Å². The van der Waals surface area contributed by atoms with Crippen molar-refractivity contribution >= 4 is 24.1 Å². The average Bonchev–Trinajstić information content (AvgIpc) is 3.09. The number of esters is 2. The molecule has 0 spiro atoms. The molecule has 2 aliphatic rings. The minimum atomic E-state index is -1.94. The molecule has 0 aromatic heterocycles. The van der Waals surface area contributed by atoms with Crippen molar-refractivity contribution in [2.75, 3.05) is 27.4 Å². The van der Waals surface area contributed by atoms with Crippen molar-refractivity contribution in [2.24, 2.45) is 0 Å². The van der Waals surface area contributed by atoms with Crippen LogP contribution in [-0.2, 0) is 33.3 Å². The van der Waals surface area contributed by atoms with Gasteiger partial charge in [0.15, 0.2) is 47.8 Å². The fraction of sp³-hybridized carbons (Fsp3) is 0.438. The number of rotatable bonds is 12. The summed E-state index contributed by atoms with van der Waals surface area (Å²) >= 11 is 0. The molecule has 17 nitrogen and oxygen atoms in total. The summed E-state index contributed by atoms with van der Waals surface area (Å²) in [5, 5.41) is 82.0. The van der Waals surface area contributed by atoms with Gasteiger partial charge in [-0.2, -0.15) is 0 Å². The summed E-state index contributed by atoms with van der Waals surface area (Å²) in [5.41, 5.74) is 0.896.